The normalized spacial score (nSPS) is 13.0. The van der Waals surface area contributed by atoms with Crippen LogP contribution < -0.4 is 25.0 Å². The molecule has 2 N–H and O–H groups in total. The molecule has 0 aliphatic carbocycles. The van der Waals surface area contributed by atoms with Gasteiger partial charge in [0, 0.05) is 36.2 Å². The zero-order valence-electron chi connectivity index (χ0n) is 18.3. The number of rotatable bonds is 8. The predicted octanol–water partition coefficient (Wildman–Crippen LogP) is 4.15. The van der Waals surface area contributed by atoms with Gasteiger partial charge in [-0.2, -0.15) is 4.98 Å². The minimum absolute atomic E-state index is 0.0776. The molecule has 8 nitrogen and oxygen atoms in total. The van der Waals surface area contributed by atoms with Crippen molar-refractivity contribution in [3.63, 3.8) is 0 Å². The molecule has 4 rings (SSSR count). The molecule has 166 valence electrons. The fourth-order valence-corrected chi connectivity index (χ4v) is 3.48. The van der Waals surface area contributed by atoms with Gasteiger partial charge in [-0.15, -0.1) is 0 Å². The molecule has 1 fully saturated rings. The molecule has 1 saturated heterocycles. The van der Waals surface area contributed by atoms with Gasteiger partial charge in [0.1, 0.15) is 17.3 Å². The van der Waals surface area contributed by atoms with Crippen LogP contribution in [0.5, 0.6) is 11.5 Å². The first-order valence-corrected chi connectivity index (χ1v) is 10.6. The summed E-state index contributed by atoms with van der Waals surface area (Å²) in [6.45, 7) is 3.89. The third-order valence-electron chi connectivity index (χ3n) is 5.10. The third-order valence-corrected chi connectivity index (χ3v) is 5.10. The number of methoxy groups -OCH3 is 1. The van der Waals surface area contributed by atoms with E-state index in [0.717, 1.165) is 42.0 Å². The topological polar surface area (TPSA) is 88.6 Å². The number of hydrogen-bond donors (Lipinski definition) is 2. The van der Waals surface area contributed by atoms with E-state index in [0.29, 0.717) is 11.4 Å². The number of ether oxygens (including phenoxy) is 2. The Kier molecular flexibility index (Phi) is 6.69. The van der Waals surface area contributed by atoms with E-state index in [1.165, 1.54) is 12.8 Å². The summed E-state index contributed by atoms with van der Waals surface area (Å²) in [5.41, 5.74) is 2.49. The molecule has 1 aliphatic heterocycles. The predicted molar refractivity (Wildman–Crippen MR) is 125 cm³/mol. The molecule has 0 spiro atoms. The Hall–Kier alpha value is -3.81. The maximum absolute atomic E-state index is 12.2. The Morgan fingerprint density at radius 3 is 2.31 bits per heavy atom. The number of carbonyl (C=O) groups is 1. The van der Waals surface area contributed by atoms with Crippen molar-refractivity contribution in [3.05, 3.63) is 60.3 Å². The number of benzene rings is 2. The molecule has 1 aliphatic rings. The molecule has 32 heavy (non-hydrogen) atoms. The van der Waals surface area contributed by atoms with Crippen LogP contribution in [-0.4, -0.2) is 42.7 Å². The summed E-state index contributed by atoms with van der Waals surface area (Å²) in [5.74, 6) is 2.63. The first kappa shape index (κ1) is 21.4. The van der Waals surface area contributed by atoms with Crippen LogP contribution in [-0.2, 0) is 4.79 Å². The fraction of sp³-hybridized carbons (Fsp3) is 0.292. The molecular formula is C24H27N5O3. The maximum Gasteiger partial charge on any atom is 0.262 e. The van der Waals surface area contributed by atoms with Crippen LogP contribution in [0.15, 0.2) is 54.6 Å². The van der Waals surface area contributed by atoms with Crippen LogP contribution >= 0.6 is 0 Å². The van der Waals surface area contributed by atoms with Crippen LogP contribution in [0, 0.1) is 6.92 Å². The van der Waals surface area contributed by atoms with E-state index < -0.39 is 0 Å². The second-order valence-corrected chi connectivity index (χ2v) is 7.60. The highest BCUT2D eigenvalue weighted by atomic mass is 16.5. The minimum atomic E-state index is -0.233. The monoisotopic (exact) mass is 433 g/mol. The second-order valence-electron chi connectivity index (χ2n) is 7.60. The van der Waals surface area contributed by atoms with Gasteiger partial charge in [-0.1, -0.05) is 0 Å². The summed E-state index contributed by atoms with van der Waals surface area (Å²) in [7, 11) is 1.60. The lowest BCUT2D eigenvalue weighted by atomic mass is 10.2. The first-order chi connectivity index (χ1) is 15.6. The van der Waals surface area contributed by atoms with Gasteiger partial charge in [0.15, 0.2) is 6.61 Å². The van der Waals surface area contributed by atoms with Crippen molar-refractivity contribution >= 4 is 29.0 Å². The van der Waals surface area contributed by atoms with Crippen LogP contribution in [0.4, 0.5) is 23.1 Å². The summed E-state index contributed by atoms with van der Waals surface area (Å²) >= 11 is 0. The van der Waals surface area contributed by atoms with Crippen LogP contribution in [0.1, 0.15) is 18.5 Å². The van der Waals surface area contributed by atoms with Gasteiger partial charge in [0.2, 0.25) is 5.95 Å². The van der Waals surface area contributed by atoms with E-state index in [2.05, 4.69) is 25.5 Å². The van der Waals surface area contributed by atoms with E-state index in [1.807, 2.05) is 37.3 Å². The molecule has 3 aromatic rings. The first-order valence-electron chi connectivity index (χ1n) is 10.6. The molecule has 0 unspecified atom stereocenters. The summed E-state index contributed by atoms with van der Waals surface area (Å²) < 4.78 is 10.6. The number of nitrogens with zero attached hydrogens (tertiary/aromatic N) is 3. The smallest absolute Gasteiger partial charge is 0.262 e. The molecule has 2 heterocycles. The van der Waals surface area contributed by atoms with Gasteiger partial charge in [0.05, 0.1) is 7.11 Å². The number of anilines is 4. The lowest BCUT2D eigenvalue weighted by Crippen LogP contribution is -2.21. The highest BCUT2D eigenvalue weighted by Gasteiger charge is 2.16. The number of hydrogen-bond acceptors (Lipinski definition) is 7. The lowest BCUT2D eigenvalue weighted by molar-refractivity contribution is -0.118. The molecule has 0 bridgehead atoms. The van der Waals surface area contributed by atoms with Crippen LogP contribution in [0.25, 0.3) is 0 Å². The number of carbonyl (C=O) groups excluding carboxylic acids is 1. The zero-order chi connectivity index (χ0) is 22.3. The highest BCUT2D eigenvalue weighted by molar-refractivity contribution is 5.92. The summed E-state index contributed by atoms with van der Waals surface area (Å²) in [6, 6.07) is 16.5. The SMILES string of the molecule is COc1ccc(OCC(=O)Nc2ccc(Nc3cc(C)nc(N4CCCC4)n3)cc2)cc1. The Labute approximate surface area is 187 Å². The lowest BCUT2D eigenvalue weighted by Gasteiger charge is -2.17. The molecule has 1 aromatic heterocycles. The third kappa shape index (κ3) is 5.66. The van der Waals surface area contributed by atoms with Crippen LogP contribution in [0.2, 0.25) is 0 Å². The Morgan fingerprint density at radius 1 is 0.969 bits per heavy atom. The van der Waals surface area contributed by atoms with Gasteiger partial charge in [-0.05, 0) is 68.3 Å². The molecule has 0 saturated carbocycles. The highest BCUT2D eigenvalue weighted by Crippen LogP contribution is 2.22. The van der Waals surface area contributed by atoms with E-state index in [1.54, 1.807) is 31.4 Å². The Bertz CT molecular complexity index is 1050. The largest absolute Gasteiger partial charge is 0.497 e. The molecule has 2 aromatic carbocycles. The Morgan fingerprint density at radius 2 is 1.62 bits per heavy atom. The molecule has 0 radical (unpaired) electrons. The number of aryl methyl sites for hydroxylation is 1. The maximum atomic E-state index is 12.2. The van der Waals surface area contributed by atoms with Gasteiger partial charge < -0.3 is 25.0 Å². The summed E-state index contributed by atoms with van der Waals surface area (Å²) in [5, 5.41) is 6.15. The standard InChI is InChI=1S/C24H27N5O3/c1-17-15-22(28-24(25-17)29-13-3-4-14-29)26-18-5-7-19(8-6-18)27-23(30)16-32-21-11-9-20(31-2)10-12-21/h5-12,15H,3-4,13-14,16H2,1-2H3,(H,27,30)(H,25,26,28). The Balaban J connectivity index is 1.31. The molecule has 0 atom stereocenters. The minimum Gasteiger partial charge on any atom is -0.497 e. The second kappa shape index (κ2) is 10.00. The zero-order valence-corrected chi connectivity index (χ0v) is 18.3. The van der Waals surface area contributed by atoms with Crippen molar-refractivity contribution in [2.24, 2.45) is 0 Å². The van der Waals surface area contributed by atoms with Gasteiger partial charge in [-0.25, -0.2) is 4.98 Å². The van der Waals surface area contributed by atoms with Crippen molar-refractivity contribution in [3.8, 4) is 11.5 Å². The number of aromatic nitrogens is 2. The van der Waals surface area contributed by atoms with E-state index >= 15 is 0 Å². The molecule has 1 amide bonds. The van der Waals surface area contributed by atoms with Crippen LogP contribution in [0.3, 0.4) is 0 Å². The van der Waals surface area contributed by atoms with Crippen molar-refractivity contribution in [2.75, 3.05) is 42.3 Å². The van der Waals surface area contributed by atoms with Crippen molar-refractivity contribution < 1.29 is 14.3 Å². The quantitative estimate of drug-likeness (QED) is 0.552. The molecular weight excluding hydrogens is 406 g/mol. The number of amides is 1. The van der Waals surface area contributed by atoms with Gasteiger partial charge in [-0.3, -0.25) is 4.79 Å². The van der Waals surface area contributed by atoms with E-state index in [9.17, 15) is 4.79 Å². The van der Waals surface area contributed by atoms with Crippen molar-refractivity contribution in [1.82, 2.24) is 9.97 Å². The van der Waals surface area contributed by atoms with E-state index in [-0.39, 0.29) is 12.5 Å². The fourth-order valence-electron chi connectivity index (χ4n) is 3.48. The van der Waals surface area contributed by atoms with Crippen molar-refractivity contribution in [1.29, 1.82) is 0 Å². The molecule has 8 heteroatoms. The summed E-state index contributed by atoms with van der Waals surface area (Å²) in [6.07, 6.45) is 2.36. The average Bonchev–Trinajstić information content (AvgIpc) is 3.34. The van der Waals surface area contributed by atoms with Gasteiger partial charge >= 0.3 is 0 Å². The van der Waals surface area contributed by atoms with Gasteiger partial charge in [0.25, 0.3) is 5.91 Å². The number of nitrogens with one attached hydrogen (secondary N) is 2. The van der Waals surface area contributed by atoms with E-state index in [4.69, 9.17) is 9.47 Å². The summed E-state index contributed by atoms with van der Waals surface area (Å²) in [4.78, 5) is 23.6. The average molecular weight is 434 g/mol. The van der Waals surface area contributed by atoms with Crippen molar-refractivity contribution in [2.45, 2.75) is 19.8 Å².